The van der Waals surface area contributed by atoms with Gasteiger partial charge in [-0.05, 0) is 54.9 Å². The summed E-state index contributed by atoms with van der Waals surface area (Å²) in [5.41, 5.74) is 0. The van der Waals surface area contributed by atoms with Crippen LogP contribution in [0, 0.1) is 5.92 Å². The Kier molecular flexibility index (Phi) is 4.74. The lowest BCUT2D eigenvalue weighted by molar-refractivity contribution is -0.118. The molecule has 2 aliphatic carbocycles. The maximum atomic E-state index is 11.9. The first-order valence-corrected chi connectivity index (χ1v) is 8.56. The second-order valence-electron chi connectivity index (χ2n) is 5.90. The first-order chi connectivity index (χ1) is 10.2. The van der Waals surface area contributed by atoms with Gasteiger partial charge >= 0.3 is 0 Å². The highest BCUT2D eigenvalue weighted by Gasteiger charge is 2.28. The van der Waals surface area contributed by atoms with Crippen LogP contribution in [-0.4, -0.2) is 49.6 Å². The number of tetrazole rings is 1. The quantitative estimate of drug-likeness (QED) is 0.754. The molecule has 0 aromatic carbocycles. The zero-order valence-electron chi connectivity index (χ0n) is 11.9. The molecule has 0 spiro atoms. The number of hydrogen-bond acceptors (Lipinski definition) is 6. The lowest BCUT2D eigenvalue weighted by Gasteiger charge is -2.25. The zero-order valence-corrected chi connectivity index (χ0v) is 12.8. The molecule has 2 N–H and O–H groups in total. The van der Waals surface area contributed by atoms with Crippen LogP contribution >= 0.6 is 11.8 Å². The number of aromatic nitrogens is 4. The van der Waals surface area contributed by atoms with Crippen molar-refractivity contribution in [3.05, 3.63) is 0 Å². The normalized spacial score (nSPS) is 25.8. The maximum absolute atomic E-state index is 11.9. The number of rotatable bonds is 6. The number of nitrogens with one attached hydrogen (secondary N) is 1. The molecule has 2 saturated carbocycles. The van der Waals surface area contributed by atoms with Crippen molar-refractivity contribution < 1.29 is 9.90 Å². The topological polar surface area (TPSA) is 92.9 Å². The van der Waals surface area contributed by atoms with E-state index in [2.05, 4.69) is 20.8 Å². The van der Waals surface area contributed by atoms with Crippen molar-refractivity contribution in [1.82, 2.24) is 25.5 Å². The molecular weight excluding hydrogens is 290 g/mol. The van der Waals surface area contributed by atoms with E-state index in [-0.39, 0.29) is 12.0 Å². The number of nitrogens with zero attached hydrogens (tertiary/aromatic N) is 4. The monoisotopic (exact) mass is 311 g/mol. The molecule has 21 heavy (non-hydrogen) atoms. The first-order valence-electron chi connectivity index (χ1n) is 7.58. The van der Waals surface area contributed by atoms with E-state index in [1.54, 1.807) is 0 Å². The highest BCUT2D eigenvalue weighted by molar-refractivity contribution is 7.99. The summed E-state index contributed by atoms with van der Waals surface area (Å²) in [6.07, 6.45) is 5.80. The number of amides is 1. The number of hydrogen-bond donors (Lipinski definition) is 2. The molecule has 8 heteroatoms. The van der Waals surface area contributed by atoms with E-state index >= 15 is 0 Å². The molecule has 2 fully saturated rings. The molecule has 0 bridgehead atoms. The van der Waals surface area contributed by atoms with E-state index < -0.39 is 0 Å². The second kappa shape index (κ2) is 6.74. The lowest BCUT2D eigenvalue weighted by atomic mass is 9.87. The Hall–Kier alpha value is -1.15. The minimum atomic E-state index is -0.145. The van der Waals surface area contributed by atoms with Crippen LogP contribution in [0.15, 0.2) is 5.16 Å². The van der Waals surface area contributed by atoms with Crippen molar-refractivity contribution in [1.29, 1.82) is 0 Å². The van der Waals surface area contributed by atoms with Gasteiger partial charge in [0.25, 0.3) is 0 Å². The van der Waals surface area contributed by atoms with Gasteiger partial charge in [0.2, 0.25) is 11.1 Å². The van der Waals surface area contributed by atoms with Crippen LogP contribution < -0.4 is 5.32 Å². The summed E-state index contributed by atoms with van der Waals surface area (Å²) in [5.74, 6) is 0.873. The lowest BCUT2D eigenvalue weighted by Crippen LogP contribution is -2.33. The summed E-state index contributed by atoms with van der Waals surface area (Å²) in [4.78, 5) is 11.9. The number of aliphatic hydroxyl groups excluding tert-OH is 1. The molecule has 0 saturated heterocycles. The van der Waals surface area contributed by atoms with Gasteiger partial charge in [-0.1, -0.05) is 11.8 Å². The van der Waals surface area contributed by atoms with E-state index in [1.807, 2.05) is 4.68 Å². The smallest absolute Gasteiger partial charge is 0.230 e. The average Bonchev–Trinajstić information content (AvgIpc) is 3.23. The van der Waals surface area contributed by atoms with Crippen LogP contribution in [0.4, 0.5) is 0 Å². The Labute approximate surface area is 127 Å². The molecule has 116 valence electrons. The van der Waals surface area contributed by atoms with Crippen LogP contribution in [-0.2, 0) is 4.79 Å². The first kappa shape index (κ1) is 14.8. The van der Waals surface area contributed by atoms with E-state index in [4.69, 9.17) is 0 Å². The van der Waals surface area contributed by atoms with Gasteiger partial charge in [-0.25, -0.2) is 4.68 Å². The minimum Gasteiger partial charge on any atom is -0.393 e. The number of aliphatic hydroxyl groups is 1. The molecule has 3 rings (SSSR count). The van der Waals surface area contributed by atoms with Crippen molar-refractivity contribution in [2.45, 2.75) is 55.8 Å². The molecule has 2 aliphatic rings. The molecule has 1 aromatic heterocycles. The SMILES string of the molecule is O=C(CSc1nnnn1C1CC1)NCC1CCC(O)CC1. The predicted molar refractivity (Wildman–Crippen MR) is 77.8 cm³/mol. The van der Waals surface area contributed by atoms with Crippen LogP contribution in [0.3, 0.4) is 0 Å². The number of thioether (sulfide) groups is 1. The molecule has 0 unspecified atom stereocenters. The van der Waals surface area contributed by atoms with E-state index in [9.17, 15) is 9.90 Å². The van der Waals surface area contributed by atoms with Crippen LogP contribution in [0.25, 0.3) is 0 Å². The fourth-order valence-corrected chi connectivity index (χ4v) is 3.39. The van der Waals surface area contributed by atoms with Gasteiger partial charge in [-0.15, -0.1) is 5.10 Å². The Bertz CT molecular complexity index is 483. The molecule has 1 aromatic rings. The fraction of sp³-hybridized carbons (Fsp3) is 0.846. The van der Waals surface area contributed by atoms with Crippen molar-refractivity contribution in [2.75, 3.05) is 12.3 Å². The summed E-state index contributed by atoms with van der Waals surface area (Å²) < 4.78 is 1.82. The highest BCUT2D eigenvalue weighted by atomic mass is 32.2. The predicted octanol–water partition coefficient (Wildman–Crippen LogP) is 0.767. The van der Waals surface area contributed by atoms with Gasteiger partial charge in [0.15, 0.2) is 0 Å². The molecule has 0 aliphatic heterocycles. The minimum absolute atomic E-state index is 0.0245. The van der Waals surface area contributed by atoms with Gasteiger partial charge in [-0.2, -0.15) is 0 Å². The summed E-state index contributed by atoms with van der Waals surface area (Å²) in [5, 5.41) is 24.8. The molecule has 0 radical (unpaired) electrons. The Morgan fingerprint density at radius 2 is 2.05 bits per heavy atom. The highest BCUT2D eigenvalue weighted by Crippen LogP contribution is 2.36. The second-order valence-corrected chi connectivity index (χ2v) is 6.85. The van der Waals surface area contributed by atoms with Crippen LogP contribution in [0.1, 0.15) is 44.6 Å². The van der Waals surface area contributed by atoms with E-state index in [0.29, 0.717) is 24.3 Å². The average molecular weight is 311 g/mol. The summed E-state index contributed by atoms with van der Waals surface area (Å²) in [7, 11) is 0. The van der Waals surface area contributed by atoms with E-state index in [1.165, 1.54) is 11.8 Å². The maximum Gasteiger partial charge on any atom is 0.230 e. The third-order valence-electron chi connectivity index (χ3n) is 4.09. The van der Waals surface area contributed by atoms with Gasteiger partial charge < -0.3 is 10.4 Å². The van der Waals surface area contributed by atoms with Gasteiger partial charge in [0.1, 0.15) is 0 Å². The van der Waals surface area contributed by atoms with Crippen molar-refractivity contribution >= 4 is 17.7 Å². The number of carbonyl (C=O) groups excluding carboxylic acids is 1. The van der Waals surface area contributed by atoms with Crippen molar-refractivity contribution in [2.24, 2.45) is 5.92 Å². The summed E-state index contributed by atoms with van der Waals surface area (Å²) in [6.45, 7) is 0.708. The van der Waals surface area contributed by atoms with Crippen molar-refractivity contribution in [3.63, 3.8) is 0 Å². The summed E-state index contributed by atoms with van der Waals surface area (Å²) in [6, 6.07) is 0.430. The third-order valence-corrected chi connectivity index (χ3v) is 5.03. The molecular formula is C13H21N5O2S. The largest absolute Gasteiger partial charge is 0.393 e. The Morgan fingerprint density at radius 3 is 2.76 bits per heavy atom. The third kappa shape index (κ3) is 4.16. The zero-order chi connectivity index (χ0) is 14.7. The molecule has 0 atom stereocenters. The van der Waals surface area contributed by atoms with Crippen LogP contribution in [0.5, 0.6) is 0 Å². The molecule has 1 heterocycles. The number of carbonyl (C=O) groups is 1. The van der Waals surface area contributed by atoms with Crippen molar-refractivity contribution in [3.8, 4) is 0 Å². The van der Waals surface area contributed by atoms with E-state index in [0.717, 1.165) is 43.7 Å². The fourth-order valence-electron chi connectivity index (χ4n) is 2.62. The molecule has 1 amide bonds. The van der Waals surface area contributed by atoms with Gasteiger partial charge in [0.05, 0.1) is 17.9 Å². The Morgan fingerprint density at radius 1 is 1.29 bits per heavy atom. The Balaban J connectivity index is 1.37. The summed E-state index contributed by atoms with van der Waals surface area (Å²) >= 11 is 1.39. The van der Waals surface area contributed by atoms with Crippen LogP contribution in [0.2, 0.25) is 0 Å². The standard InChI is InChI=1S/C13H21N5O2S/c19-11-5-1-9(2-6-11)7-14-12(20)8-21-13-15-16-17-18(13)10-3-4-10/h9-11,19H,1-8H2,(H,14,20). The molecule has 7 nitrogen and oxygen atoms in total. The van der Waals surface area contributed by atoms with Gasteiger partial charge in [-0.3, -0.25) is 4.79 Å². The van der Waals surface area contributed by atoms with Gasteiger partial charge in [0, 0.05) is 6.54 Å².